The Morgan fingerprint density at radius 3 is 2.74 bits per heavy atom. The van der Waals surface area contributed by atoms with Gasteiger partial charge in [-0.25, -0.2) is 4.98 Å². The molecule has 1 fully saturated rings. The number of hydrogen-bond acceptors (Lipinski definition) is 6. The molecule has 0 unspecified atom stereocenters. The van der Waals surface area contributed by atoms with Gasteiger partial charge in [-0.2, -0.15) is 0 Å². The summed E-state index contributed by atoms with van der Waals surface area (Å²) in [6, 6.07) is 3.21. The average molecular weight is 358 g/mol. The molecule has 3 heterocycles. The number of aromatic nitrogens is 1. The molecule has 0 radical (unpaired) electrons. The molecule has 1 aliphatic rings. The smallest absolute Gasteiger partial charge is 0.290 e. The molecule has 0 atom stereocenters. The highest BCUT2D eigenvalue weighted by atomic mass is 35.5. The summed E-state index contributed by atoms with van der Waals surface area (Å²) in [5, 5.41) is 10.1. The van der Waals surface area contributed by atoms with Crippen molar-refractivity contribution in [3.05, 3.63) is 34.7 Å². The maximum absolute atomic E-state index is 12.3. The lowest BCUT2D eigenvalue weighted by atomic mass is 10.3. The first-order chi connectivity index (χ1) is 11.2. The van der Waals surface area contributed by atoms with Crippen LogP contribution in [-0.4, -0.2) is 53.5 Å². The predicted molar refractivity (Wildman–Crippen MR) is 87.3 cm³/mol. The van der Waals surface area contributed by atoms with E-state index < -0.39 is 0 Å². The van der Waals surface area contributed by atoms with Gasteiger partial charge in [0.2, 0.25) is 0 Å². The van der Waals surface area contributed by atoms with Gasteiger partial charge in [0.1, 0.15) is 0 Å². The Hall–Kier alpha value is -2.06. The molecule has 0 bridgehead atoms. The minimum Gasteiger partial charge on any atom is -0.483 e. The van der Waals surface area contributed by atoms with Crippen LogP contribution in [-0.2, 0) is 4.79 Å². The van der Waals surface area contributed by atoms with Crippen LogP contribution in [0.5, 0.6) is 0 Å². The molecule has 0 aromatic carbocycles. The van der Waals surface area contributed by atoms with Crippen molar-refractivity contribution in [2.75, 3.05) is 31.1 Å². The van der Waals surface area contributed by atoms with Gasteiger partial charge in [0.25, 0.3) is 12.4 Å². The minimum atomic E-state index is -0.250. The zero-order chi connectivity index (χ0) is 16.7. The molecular weight excluding hydrogens is 342 g/mol. The van der Waals surface area contributed by atoms with Crippen LogP contribution in [0.1, 0.15) is 17.0 Å². The number of hydrogen-bond donors (Lipinski definition) is 1. The molecule has 23 heavy (non-hydrogen) atoms. The highest BCUT2D eigenvalue weighted by Crippen LogP contribution is 2.20. The molecule has 9 heteroatoms. The Balaban J connectivity index is 0.000000595. The van der Waals surface area contributed by atoms with Crippen molar-refractivity contribution >= 4 is 40.4 Å². The van der Waals surface area contributed by atoms with Crippen LogP contribution in [0, 0.1) is 0 Å². The third kappa shape index (κ3) is 4.70. The first kappa shape index (κ1) is 17.3. The number of halogens is 1. The Kier molecular flexibility index (Phi) is 6.42. The topological polar surface area (TPSA) is 86.9 Å². The van der Waals surface area contributed by atoms with Crippen LogP contribution >= 0.6 is 22.9 Å². The van der Waals surface area contributed by atoms with Gasteiger partial charge in [-0.1, -0.05) is 0 Å². The van der Waals surface area contributed by atoms with E-state index in [0.717, 1.165) is 31.2 Å². The number of rotatable bonds is 2. The van der Waals surface area contributed by atoms with E-state index in [4.69, 9.17) is 25.9 Å². The average Bonchev–Trinajstić information content (AvgIpc) is 3.15. The van der Waals surface area contributed by atoms with Gasteiger partial charge in [0.05, 0.1) is 0 Å². The molecule has 0 aliphatic carbocycles. The lowest BCUT2D eigenvalue weighted by Crippen LogP contribution is -2.35. The second-order valence-electron chi connectivity index (χ2n) is 4.66. The normalized spacial score (nSPS) is 14.7. The van der Waals surface area contributed by atoms with E-state index in [1.54, 1.807) is 29.7 Å². The number of carboxylic acid groups (broad SMARTS) is 1. The van der Waals surface area contributed by atoms with Crippen LogP contribution in [0.25, 0.3) is 0 Å². The predicted octanol–water partition coefficient (Wildman–Crippen LogP) is 2.44. The van der Waals surface area contributed by atoms with Crippen LogP contribution in [0.4, 0.5) is 5.13 Å². The summed E-state index contributed by atoms with van der Waals surface area (Å²) in [4.78, 5) is 29.0. The van der Waals surface area contributed by atoms with Crippen molar-refractivity contribution in [3.63, 3.8) is 0 Å². The fourth-order valence-electron chi connectivity index (χ4n) is 2.27. The summed E-state index contributed by atoms with van der Waals surface area (Å²) in [6.07, 6.45) is 2.72. The van der Waals surface area contributed by atoms with Crippen LogP contribution in [0.15, 0.2) is 28.1 Å². The van der Waals surface area contributed by atoms with E-state index >= 15 is 0 Å². The van der Waals surface area contributed by atoms with Crippen LogP contribution < -0.4 is 4.90 Å². The molecular formula is C14H16ClN3O4S. The number of nitrogens with zero attached hydrogens (tertiary/aromatic N) is 3. The van der Waals surface area contributed by atoms with Crippen molar-refractivity contribution in [3.8, 4) is 0 Å². The third-order valence-electron chi connectivity index (χ3n) is 3.26. The Labute approximate surface area is 142 Å². The second-order valence-corrected chi connectivity index (χ2v) is 5.90. The van der Waals surface area contributed by atoms with Crippen molar-refractivity contribution < 1.29 is 19.1 Å². The first-order valence-electron chi connectivity index (χ1n) is 6.92. The number of amides is 1. The molecule has 0 saturated carbocycles. The second kappa shape index (κ2) is 8.54. The fourth-order valence-corrected chi connectivity index (χ4v) is 3.11. The number of carbonyl (C=O) groups excluding carboxylic acids is 1. The van der Waals surface area contributed by atoms with Gasteiger partial charge in [0.15, 0.2) is 16.1 Å². The molecule has 1 aliphatic heterocycles. The van der Waals surface area contributed by atoms with Gasteiger partial charge in [-0.05, 0) is 30.2 Å². The maximum Gasteiger partial charge on any atom is 0.290 e. The summed E-state index contributed by atoms with van der Waals surface area (Å²) in [5.74, 6) is 0.204. The summed E-state index contributed by atoms with van der Waals surface area (Å²) < 4.78 is 5.19. The number of anilines is 1. The summed E-state index contributed by atoms with van der Waals surface area (Å²) >= 11 is 7.34. The first-order valence-corrected chi connectivity index (χ1v) is 8.18. The molecule has 1 amide bonds. The quantitative estimate of drug-likeness (QED) is 0.831. The molecule has 2 aromatic rings. The molecule has 1 saturated heterocycles. The van der Waals surface area contributed by atoms with E-state index in [-0.39, 0.29) is 17.6 Å². The monoisotopic (exact) mass is 357 g/mol. The summed E-state index contributed by atoms with van der Waals surface area (Å²) in [7, 11) is 0. The van der Waals surface area contributed by atoms with Gasteiger partial charge >= 0.3 is 0 Å². The van der Waals surface area contributed by atoms with Crippen LogP contribution in [0.2, 0.25) is 5.22 Å². The largest absolute Gasteiger partial charge is 0.483 e. The molecule has 124 valence electrons. The van der Waals surface area contributed by atoms with Gasteiger partial charge < -0.3 is 19.3 Å². The Morgan fingerprint density at radius 2 is 2.13 bits per heavy atom. The van der Waals surface area contributed by atoms with E-state index in [0.29, 0.717) is 12.3 Å². The van der Waals surface area contributed by atoms with Gasteiger partial charge in [-0.3, -0.25) is 9.59 Å². The fraction of sp³-hybridized carbons (Fsp3) is 0.357. The summed E-state index contributed by atoms with van der Waals surface area (Å²) in [6.45, 7) is 2.83. The minimum absolute atomic E-state index is 0.0992. The van der Waals surface area contributed by atoms with Crippen molar-refractivity contribution in [2.24, 2.45) is 0 Å². The van der Waals surface area contributed by atoms with Crippen LogP contribution in [0.3, 0.4) is 0 Å². The van der Waals surface area contributed by atoms with E-state index in [9.17, 15) is 4.79 Å². The number of thiazole rings is 1. The van der Waals surface area contributed by atoms with E-state index in [1.165, 1.54) is 0 Å². The molecule has 3 rings (SSSR count). The Bertz CT molecular complexity index is 632. The Morgan fingerprint density at radius 1 is 1.35 bits per heavy atom. The molecule has 1 N–H and O–H groups in total. The highest BCUT2D eigenvalue weighted by molar-refractivity contribution is 7.13. The highest BCUT2D eigenvalue weighted by Gasteiger charge is 2.23. The zero-order valence-electron chi connectivity index (χ0n) is 12.2. The maximum atomic E-state index is 12.3. The zero-order valence-corrected chi connectivity index (χ0v) is 13.8. The number of carbonyl (C=O) groups is 2. The SMILES string of the molecule is O=C(c1ccc(Cl)o1)N1CCCN(c2nccs2)CC1.O=CO. The van der Waals surface area contributed by atoms with Crippen molar-refractivity contribution in [1.82, 2.24) is 9.88 Å². The molecule has 7 nitrogen and oxygen atoms in total. The number of furan rings is 1. The van der Waals surface area contributed by atoms with E-state index in [2.05, 4.69) is 9.88 Å². The lowest BCUT2D eigenvalue weighted by Gasteiger charge is -2.20. The van der Waals surface area contributed by atoms with Gasteiger partial charge in [-0.15, -0.1) is 11.3 Å². The van der Waals surface area contributed by atoms with E-state index in [1.807, 2.05) is 10.3 Å². The van der Waals surface area contributed by atoms with Crippen molar-refractivity contribution in [1.29, 1.82) is 0 Å². The third-order valence-corrected chi connectivity index (χ3v) is 4.29. The van der Waals surface area contributed by atoms with Crippen molar-refractivity contribution in [2.45, 2.75) is 6.42 Å². The van der Waals surface area contributed by atoms with Gasteiger partial charge in [0, 0.05) is 37.8 Å². The molecule has 0 spiro atoms. The standard InChI is InChI=1S/C13H14ClN3O2S.CH2O2/c14-11-3-2-10(19-11)12(18)16-5-1-6-17(8-7-16)13-15-4-9-20-13;2-1-3/h2-4,9H,1,5-8H2;1H,(H,2,3). The molecule has 2 aromatic heterocycles. The summed E-state index contributed by atoms with van der Waals surface area (Å²) in [5.41, 5.74) is 0. The lowest BCUT2D eigenvalue weighted by molar-refractivity contribution is -0.122.